The molecular formula is C23H17BrCl2N2O4S. The fourth-order valence-corrected chi connectivity index (χ4v) is 5.34. The third kappa shape index (κ3) is 4.53. The maximum absolute atomic E-state index is 13.3. The first kappa shape index (κ1) is 23.8. The zero-order valence-electron chi connectivity index (χ0n) is 17.4. The van der Waals surface area contributed by atoms with Gasteiger partial charge >= 0.3 is 5.97 Å². The van der Waals surface area contributed by atoms with Crippen molar-refractivity contribution in [2.75, 3.05) is 6.61 Å². The molecule has 0 saturated carbocycles. The number of carbonyl (C=O) groups is 1. The minimum atomic E-state index is -0.628. The molecule has 2 heterocycles. The number of aromatic nitrogens is 1. The first-order chi connectivity index (χ1) is 15.7. The molecule has 0 radical (unpaired) electrons. The van der Waals surface area contributed by atoms with Crippen molar-refractivity contribution in [3.05, 3.63) is 87.3 Å². The topological polar surface area (TPSA) is 80.9 Å². The van der Waals surface area contributed by atoms with Gasteiger partial charge in [0.1, 0.15) is 11.8 Å². The molecule has 4 rings (SSSR count). The summed E-state index contributed by atoms with van der Waals surface area (Å²) < 4.78 is 7.87. The molecule has 0 spiro atoms. The number of ether oxygens (including phenoxy) is 1. The van der Waals surface area contributed by atoms with E-state index in [-0.39, 0.29) is 22.9 Å². The quantitative estimate of drug-likeness (QED) is 0.464. The van der Waals surface area contributed by atoms with Crippen LogP contribution < -0.4 is 14.9 Å². The van der Waals surface area contributed by atoms with Gasteiger partial charge in [-0.05, 0) is 49.8 Å². The lowest BCUT2D eigenvalue weighted by atomic mass is 9.97. The Morgan fingerprint density at radius 2 is 2.00 bits per heavy atom. The van der Waals surface area contributed by atoms with Gasteiger partial charge < -0.3 is 9.84 Å². The van der Waals surface area contributed by atoms with Crippen molar-refractivity contribution in [2.45, 2.75) is 19.9 Å². The van der Waals surface area contributed by atoms with Gasteiger partial charge in [0.2, 0.25) is 0 Å². The molecule has 2 aromatic carbocycles. The third-order valence-electron chi connectivity index (χ3n) is 5.07. The molecule has 0 bridgehead atoms. The number of carbonyl (C=O) groups excluding carboxylic acids is 1. The van der Waals surface area contributed by atoms with Crippen molar-refractivity contribution < 1.29 is 14.6 Å². The monoisotopic (exact) mass is 566 g/mol. The lowest BCUT2D eigenvalue weighted by Crippen LogP contribution is -2.35. The summed E-state index contributed by atoms with van der Waals surface area (Å²) in [4.78, 5) is 31.3. The van der Waals surface area contributed by atoms with Crippen molar-refractivity contribution in [2.24, 2.45) is 4.99 Å². The van der Waals surface area contributed by atoms with Crippen LogP contribution in [0, 0.1) is 0 Å². The number of aromatic hydroxyl groups is 1. The lowest BCUT2D eigenvalue weighted by Gasteiger charge is -2.22. The predicted molar refractivity (Wildman–Crippen MR) is 133 cm³/mol. The van der Waals surface area contributed by atoms with E-state index in [1.807, 2.05) is 24.3 Å². The van der Waals surface area contributed by atoms with E-state index in [4.69, 9.17) is 32.9 Å². The first-order valence-electron chi connectivity index (χ1n) is 9.84. The fourth-order valence-electron chi connectivity index (χ4n) is 3.54. The highest BCUT2D eigenvalue weighted by molar-refractivity contribution is 9.10. The summed E-state index contributed by atoms with van der Waals surface area (Å²) in [6.07, 6.45) is 1.51. The molecule has 0 unspecified atom stereocenters. The molecule has 1 aliphatic rings. The standard InChI is InChI=1S/C23H17BrCl2N2O4S/c1-3-32-22(31)18-11(2)28-21(30)17(9-13-8-15(25)10-16(26)20(13)29)33-23(28)27-19(18)12-4-6-14(24)7-5-12/h4-10,19,29H,3H2,1-2H3/b17-9-/t19-/m1/s1. The van der Waals surface area contributed by atoms with Crippen LogP contribution in [0.3, 0.4) is 0 Å². The summed E-state index contributed by atoms with van der Waals surface area (Å²) in [5.74, 6) is -0.707. The Morgan fingerprint density at radius 3 is 2.67 bits per heavy atom. The number of hydrogen-bond donors (Lipinski definition) is 1. The lowest BCUT2D eigenvalue weighted by molar-refractivity contribution is -0.138. The van der Waals surface area contributed by atoms with Gasteiger partial charge in [-0.15, -0.1) is 0 Å². The minimum Gasteiger partial charge on any atom is -0.506 e. The van der Waals surface area contributed by atoms with Gasteiger partial charge in [0, 0.05) is 20.8 Å². The molecule has 0 fully saturated rings. The Morgan fingerprint density at radius 1 is 1.30 bits per heavy atom. The molecule has 1 atom stereocenters. The number of phenols is 1. The number of benzene rings is 2. The summed E-state index contributed by atoms with van der Waals surface area (Å²) in [6.45, 7) is 3.62. The van der Waals surface area contributed by atoms with Crippen LogP contribution in [0.1, 0.15) is 31.0 Å². The average Bonchev–Trinajstić information content (AvgIpc) is 3.07. The summed E-state index contributed by atoms with van der Waals surface area (Å²) >= 11 is 16.6. The maximum Gasteiger partial charge on any atom is 0.338 e. The van der Waals surface area contributed by atoms with Crippen LogP contribution in [0.5, 0.6) is 5.75 Å². The van der Waals surface area contributed by atoms with Crippen molar-refractivity contribution in [1.82, 2.24) is 4.57 Å². The van der Waals surface area contributed by atoms with Gasteiger partial charge in [0.25, 0.3) is 5.56 Å². The summed E-state index contributed by atoms with van der Waals surface area (Å²) in [7, 11) is 0. The Bertz CT molecular complexity index is 1480. The summed E-state index contributed by atoms with van der Waals surface area (Å²) in [5, 5.41) is 10.7. The summed E-state index contributed by atoms with van der Waals surface area (Å²) in [6, 6.07) is 9.76. The van der Waals surface area contributed by atoms with Gasteiger partial charge in [0.05, 0.1) is 21.7 Å². The molecule has 6 nitrogen and oxygen atoms in total. The first-order valence-corrected chi connectivity index (χ1v) is 12.2. The number of fused-ring (bicyclic) bond motifs is 1. The van der Waals surface area contributed by atoms with Crippen molar-refractivity contribution in [3.8, 4) is 5.75 Å². The molecule has 1 N–H and O–H groups in total. The largest absolute Gasteiger partial charge is 0.506 e. The number of hydrogen-bond acceptors (Lipinski definition) is 6. The van der Waals surface area contributed by atoms with Crippen LogP contribution in [0.4, 0.5) is 0 Å². The summed E-state index contributed by atoms with van der Waals surface area (Å²) in [5.41, 5.74) is 1.47. The van der Waals surface area contributed by atoms with Crippen LogP contribution in [-0.2, 0) is 9.53 Å². The van der Waals surface area contributed by atoms with E-state index >= 15 is 0 Å². The molecule has 0 saturated heterocycles. The number of rotatable bonds is 4. The van der Waals surface area contributed by atoms with Crippen molar-refractivity contribution in [3.63, 3.8) is 0 Å². The van der Waals surface area contributed by atoms with E-state index in [1.54, 1.807) is 13.8 Å². The highest BCUT2D eigenvalue weighted by atomic mass is 79.9. The average molecular weight is 568 g/mol. The highest BCUT2D eigenvalue weighted by Gasteiger charge is 2.31. The smallest absolute Gasteiger partial charge is 0.338 e. The van der Waals surface area contributed by atoms with Crippen LogP contribution in [0.25, 0.3) is 11.8 Å². The molecule has 170 valence electrons. The van der Waals surface area contributed by atoms with E-state index in [9.17, 15) is 14.7 Å². The van der Waals surface area contributed by atoms with Gasteiger partial charge in [-0.1, -0.05) is 62.6 Å². The van der Waals surface area contributed by atoms with Crippen molar-refractivity contribution in [1.29, 1.82) is 0 Å². The van der Waals surface area contributed by atoms with Gasteiger partial charge in [0.15, 0.2) is 4.80 Å². The van der Waals surface area contributed by atoms with Crippen molar-refractivity contribution >= 4 is 68.2 Å². The minimum absolute atomic E-state index is 0.0795. The molecule has 0 amide bonds. The van der Waals surface area contributed by atoms with Gasteiger partial charge in [-0.2, -0.15) is 0 Å². The second-order valence-electron chi connectivity index (χ2n) is 7.16. The Kier molecular flexibility index (Phi) is 6.81. The second-order valence-corrected chi connectivity index (χ2v) is 9.93. The number of nitrogens with zero attached hydrogens (tertiary/aromatic N) is 2. The molecule has 0 aliphatic carbocycles. The Hall–Kier alpha value is -2.39. The number of thiazole rings is 1. The van der Waals surface area contributed by atoms with Crippen LogP contribution >= 0.6 is 50.5 Å². The zero-order chi connectivity index (χ0) is 23.9. The number of phenolic OH excluding ortho intramolecular Hbond substituents is 1. The highest BCUT2D eigenvalue weighted by Crippen LogP contribution is 2.33. The molecule has 10 heteroatoms. The number of esters is 1. The maximum atomic E-state index is 13.3. The molecule has 33 heavy (non-hydrogen) atoms. The number of allylic oxidation sites excluding steroid dienone is 1. The SMILES string of the molecule is CCOC(=O)C1=C(C)n2c(s/c(=C\c3cc(Cl)cc(Cl)c3O)c2=O)=N[C@@H]1c1ccc(Br)cc1. The van der Waals surface area contributed by atoms with Gasteiger partial charge in [-0.3, -0.25) is 9.36 Å². The van der Waals surface area contributed by atoms with Gasteiger partial charge in [-0.25, -0.2) is 9.79 Å². The van der Waals surface area contributed by atoms with E-state index < -0.39 is 12.0 Å². The van der Waals surface area contributed by atoms with Crippen LogP contribution in [0.15, 0.2) is 56.2 Å². The second kappa shape index (κ2) is 9.46. The zero-order valence-corrected chi connectivity index (χ0v) is 21.3. The van der Waals surface area contributed by atoms with E-state index in [0.29, 0.717) is 31.2 Å². The van der Waals surface area contributed by atoms with E-state index in [2.05, 4.69) is 15.9 Å². The van der Waals surface area contributed by atoms with E-state index in [1.165, 1.54) is 22.8 Å². The van der Waals surface area contributed by atoms with Crippen LogP contribution in [0.2, 0.25) is 10.0 Å². The van der Waals surface area contributed by atoms with E-state index in [0.717, 1.165) is 21.4 Å². The Balaban J connectivity index is 1.97. The normalized spacial score (nSPS) is 15.9. The van der Waals surface area contributed by atoms with Crippen LogP contribution in [-0.4, -0.2) is 22.2 Å². The molecule has 3 aromatic rings. The predicted octanol–water partition coefficient (Wildman–Crippen LogP) is 4.68. The molecular weight excluding hydrogens is 551 g/mol. The third-order valence-corrected chi connectivity index (χ3v) is 7.09. The number of halogens is 3. The fraction of sp³-hybridized carbons (Fsp3) is 0.174. The molecule has 1 aromatic heterocycles. The Labute approximate surface area is 211 Å². The molecule has 1 aliphatic heterocycles.